The molecule has 0 radical (unpaired) electrons. The highest BCUT2D eigenvalue weighted by atomic mass is 32.2. The number of nitrogens with zero attached hydrogens (tertiary/aromatic N) is 1. The second-order valence-electron chi connectivity index (χ2n) is 8.29. The second-order valence-corrected chi connectivity index (χ2v) is 11.4. The number of amides is 1. The van der Waals surface area contributed by atoms with E-state index in [1.54, 1.807) is 12.1 Å². The first-order valence-corrected chi connectivity index (χ1v) is 12.9. The molecule has 1 N–H and O–H groups in total. The number of nitrogens with one attached hydrogen (secondary N) is 1. The van der Waals surface area contributed by atoms with Crippen LogP contribution in [0.1, 0.15) is 52.7 Å². The highest BCUT2D eigenvalue weighted by molar-refractivity contribution is 7.88. The van der Waals surface area contributed by atoms with Crippen molar-refractivity contribution in [2.45, 2.75) is 39.0 Å². The molecular formula is C21H26N2O5S2. The number of hydrogen-bond acceptors (Lipinski definition) is 6. The number of thiophene rings is 1. The van der Waals surface area contributed by atoms with Crippen molar-refractivity contribution in [3.05, 3.63) is 40.2 Å². The van der Waals surface area contributed by atoms with Crippen LogP contribution in [-0.4, -0.2) is 43.8 Å². The van der Waals surface area contributed by atoms with Crippen LogP contribution in [0.4, 0.5) is 5.00 Å². The molecular weight excluding hydrogens is 424 g/mol. The van der Waals surface area contributed by atoms with Crippen LogP contribution in [0.5, 0.6) is 0 Å². The maximum atomic E-state index is 13.1. The van der Waals surface area contributed by atoms with Crippen molar-refractivity contribution in [1.29, 1.82) is 0 Å². The summed E-state index contributed by atoms with van der Waals surface area (Å²) in [5.74, 6) is 0.197. The molecule has 0 spiro atoms. The summed E-state index contributed by atoms with van der Waals surface area (Å²) in [5, 5.41) is 3.59. The minimum Gasteiger partial charge on any atom is -0.461 e. The highest BCUT2D eigenvalue weighted by Crippen LogP contribution is 2.41. The van der Waals surface area contributed by atoms with Gasteiger partial charge >= 0.3 is 0 Å². The Morgan fingerprint density at radius 3 is 2.60 bits per heavy atom. The van der Waals surface area contributed by atoms with Crippen LogP contribution in [0.25, 0.3) is 0 Å². The molecule has 1 saturated heterocycles. The summed E-state index contributed by atoms with van der Waals surface area (Å²) in [7, 11) is -3.24. The van der Waals surface area contributed by atoms with Gasteiger partial charge in [0.15, 0.2) is 5.76 Å². The number of rotatable bonds is 5. The quantitative estimate of drug-likeness (QED) is 0.705. The zero-order valence-electron chi connectivity index (χ0n) is 17.1. The van der Waals surface area contributed by atoms with Gasteiger partial charge in [-0.25, -0.2) is 12.7 Å². The van der Waals surface area contributed by atoms with Crippen molar-refractivity contribution in [2.75, 3.05) is 24.7 Å². The molecule has 1 atom stereocenters. The van der Waals surface area contributed by atoms with Crippen LogP contribution in [0.2, 0.25) is 0 Å². The first kappa shape index (κ1) is 21.3. The Bertz CT molecular complexity index is 1050. The molecule has 2 aliphatic rings. The van der Waals surface area contributed by atoms with Crippen LogP contribution >= 0.6 is 11.3 Å². The van der Waals surface area contributed by atoms with Crippen molar-refractivity contribution in [1.82, 2.24) is 4.31 Å². The number of carbonyl (C=O) groups excluding carboxylic acids is 2. The summed E-state index contributed by atoms with van der Waals surface area (Å²) in [6, 6.07) is 3.33. The molecule has 162 valence electrons. The van der Waals surface area contributed by atoms with Crippen molar-refractivity contribution in [3.63, 3.8) is 0 Å². The van der Waals surface area contributed by atoms with Gasteiger partial charge < -0.3 is 9.73 Å². The lowest BCUT2D eigenvalue weighted by molar-refractivity contribution is -0.120. The van der Waals surface area contributed by atoms with Gasteiger partial charge in [0, 0.05) is 23.9 Å². The van der Waals surface area contributed by atoms with E-state index in [2.05, 4.69) is 12.2 Å². The van der Waals surface area contributed by atoms with Gasteiger partial charge in [-0.3, -0.25) is 9.59 Å². The largest absolute Gasteiger partial charge is 0.461 e. The maximum absolute atomic E-state index is 13.1. The number of ketones is 1. The predicted molar refractivity (Wildman–Crippen MR) is 115 cm³/mol. The van der Waals surface area contributed by atoms with E-state index < -0.39 is 10.0 Å². The summed E-state index contributed by atoms with van der Waals surface area (Å²) in [6.07, 6.45) is 6.35. The van der Waals surface area contributed by atoms with Crippen molar-refractivity contribution in [2.24, 2.45) is 11.8 Å². The van der Waals surface area contributed by atoms with Gasteiger partial charge in [-0.1, -0.05) is 6.92 Å². The third-order valence-corrected chi connectivity index (χ3v) is 8.49. The van der Waals surface area contributed by atoms with Crippen LogP contribution < -0.4 is 5.32 Å². The molecule has 0 saturated carbocycles. The van der Waals surface area contributed by atoms with E-state index >= 15 is 0 Å². The lowest BCUT2D eigenvalue weighted by Crippen LogP contribution is -2.40. The fraction of sp³-hybridized carbons (Fsp3) is 0.524. The number of piperidine rings is 1. The Labute approximate surface area is 180 Å². The average molecular weight is 451 g/mol. The Morgan fingerprint density at radius 1 is 1.23 bits per heavy atom. The van der Waals surface area contributed by atoms with Crippen molar-refractivity contribution in [3.8, 4) is 0 Å². The summed E-state index contributed by atoms with van der Waals surface area (Å²) >= 11 is 1.49. The van der Waals surface area contributed by atoms with E-state index in [9.17, 15) is 18.0 Å². The van der Waals surface area contributed by atoms with Crippen molar-refractivity contribution >= 4 is 38.1 Å². The first-order chi connectivity index (χ1) is 14.2. The van der Waals surface area contributed by atoms with E-state index in [1.165, 1.54) is 28.2 Å². The summed E-state index contributed by atoms with van der Waals surface area (Å²) < 4.78 is 30.2. The van der Waals surface area contributed by atoms with Gasteiger partial charge in [0.2, 0.25) is 21.7 Å². The Balaban J connectivity index is 1.57. The number of carbonyl (C=O) groups is 2. The Hall–Kier alpha value is -1.97. The topological polar surface area (TPSA) is 96.7 Å². The van der Waals surface area contributed by atoms with E-state index in [4.69, 9.17) is 4.42 Å². The Morgan fingerprint density at radius 2 is 1.97 bits per heavy atom. The lowest BCUT2D eigenvalue weighted by atomic mass is 9.87. The molecule has 0 bridgehead atoms. The standard InChI is InChI=1S/C21H26N2O5S2/c1-13-5-6-15-17(12-13)29-21(18(15)19(24)16-4-3-11-28-16)22-20(25)14-7-9-23(10-8-14)30(2,26)27/h3-4,11,13-14H,5-10,12H2,1-2H3,(H,22,25). The molecule has 1 unspecified atom stereocenters. The average Bonchev–Trinajstić information content (AvgIpc) is 3.34. The molecule has 3 heterocycles. The van der Waals surface area contributed by atoms with Crippen LogP contribution in [0, 0.1) is 11.8 Å². The molecule has 1 aliphatic carbocycles. The molecule has 2 aromatic heterocycles. The fourth-order valence-electron chi connectivity index (χ4n) is 4.27. The van der Waals surface area contributed by atoms with Gasteiger partial charge in [-0.2, -0.15) is 0 Å². The van der Waals surface area contributed by atoms with Crippen LogP contribution in [0.3, 0.4) is 0 Å². The number of sulfonamides is 1. The summed E-state index contributed by atoms with van der Waals surface area (Å²) in [4.78, 5) is 27.3. The molecule has 2 aromatic rings. The smallest absolute Gasteiger partial charge is 0.231 e. The minimum atomic E-state index is -3.24. The van der Waals surface area contributed by atoms with Gasteiger partial charge in [-0.15, -0.1) is 11.3 Å². The number of furan rings is 1. The lowest BCUT2D eigenvalue weighted by Gasteiger charge is -2.29. The maximum Gasteiger partial charge on any atom is 0.231 e. The van der Waals surface area contributed by atoms with Crippen LogP contribution in [0.15, 0.2) is 22.8 Å². The summed E-state index contributed by atoms with van der Waals surface area (Å²) in [6.45, 7) is 2.88. The Kier molecular flexibility index (Phi) is 5.87. The molecule has 0 aromatic carbocycles. The highest BCUT2D eigenvalue weighted by Gasteiger charge is 2.33. The van der Waals surface area contributed by atoms with Crippen molar-refractivity contribution < 1.29 is 22.4 Å². The third kappa shape index (κ3) is 4.24. The zero-order chi connectivity index (χ0) is 21.5. The number of hydrogen-bond donors (Lipinski definition) is 1. The molecule has 1 fully saturated rings. The fourth-order valence-corrected chi connectivity index (χ4v) is 6.56. The van der Waals surface area contributed by atoms with Crippen LogP contribution in [-0.2, 0) is 27.7 Å². The molecule has 9 heteroatoms. The normalized spacial score (nSPS) is 20.7. The summed E-state index contributed by atoms with van der Waals surface area (Å²) in [5.41, 5.74) is 1.58. The van der Waals surface area contributed by atoms with E-state index in [-0.39, 0.29) is 23.4 Å². The van der Waals surface area contributed by atoms with Gasteiger partial charge in [0.25, 0.3) is 0 Å². The van der Waals surface area contributed by atoms with E-state index in [1.807, 2.05) is 0 Å². The monoisotopic (exact) mass is 450 g/mol. The number of anilines is 1. The molecule has 7 nitrogen and oxygen atoms in total. The molecule has 4 rings (SSSR count). The SMILES string of the molecule is CC1CCc2c(sc(NC(=O)C3CCN(S(C)(=O)=O)CC3)c2C(=O)c2ccco2)C1. The van der Waals surface area contributed by atoms with Gasteiger partial charge in [-0.05, 0) is 55.7 Å². The third-order valence-electron chi connectivity index (χ3n) is 6.01. The molecule has 30 heavy (non-hydrogen) atoms. The number of fused-ring (bicyclic) bond motifs is 1. The minimum absolute atomic E-state index is 0.150. The zero-order valence-corrected chi connectivity index (χ0v) is 18.8. The van der Waals surface area contributed by atoms with Gasteiger partial charge in [0.1, 0.15) is 5.00 Å². The van der Waals surface area contributed by atoms with E-state index in [0.29, 0.717) is 42.4 Å². The molecule has 1 amide bonds. The predicted octanol–water partition coefficient (Wildman–Crippen LogP) is 3.31. The second kappa shape index (κ2) is 8.28. The van der Waals surface area contributed by atoms with Gasteiger partial charge in [0.05, 0.1) is 18.1 Å². The van der Waals surface area contributed by atoms with E-state index in [0.717, 1.165) is 29.7 Å². The molecule has 1 aliphatic heterocycles. The first-order valence-electron chi connectivity index (χ1n) is 10.2.